The van der Waals surface area contributed by atoms with Crippen molar-refractivity contribution in [1.29, 1.82) is 0 Å². The van der Waals surface area contributed by atoms with Crippen molar-refractivity contribution < 1.29 is 4.79 Å². The molecule has 4 heteroatoms. The summed E-state index contributed by atoms with van der Waals surface area (Å²) in [4.78, 5) is 12.6. The van der Waals surface area contributed by atoms with Crippen molar-refractivity contribution >= 4 is 43.3 Å². The van der Waals surface area contributed by atoms with E-state index in [9.17, 15) is 4.79 Å². The number of thiophene rings is 1. The van der Waals surface area contributed by atoms with Gasteiger partial charge >= 0.3 is 0 Å². The van der Waals surface area contributed by atoms with Crippen LogP contribution >= 0.6 is 27.3 Å². The van der Waals surface area contributed by atoms with E-state index in [0.717, 1.165) is 10.9 Å². The molecule has 0 radical (unpaired) electrons. The van der Waals surface area contributed by atoms with Crippen molar-refractivity contribution in [3.05, 3.63) is 69.0 Å². The summed E-state index contributed by atoms with van der Waals surface area (Å²) in [5, 5.41) is 4.16. The molecule has 3 rings (SSSR count). The number of fused-ring (bicyclic) bond motifs is 1. The number of amides is 1. The first-order chi connectivity index (χ1) is 10.6. The third-order valence-corrected chi connectivity index (χ3v) is 5.26. The normalized spacial score (nSPS) is 10.8. The maximum absolute atomic E-state index is 11.3. The molecule has 0 aliphatic heterocycles. The first-order valence-corrected chi connectivity index (χ1v) is 8.72. The SMILES string of the molecule is CC(=O)NCc1c(Cc2ccccc2)sc2ccc(Br)cc12. The zero-order valence-corrected chi connectivity index (χ0v) is 14.6. The molecule has 0 aliphatic rings. The third kappa shape index (κ3) is 3.39. The van der Waals surface area contributed by atoms with Gasteiger partial charge in [0, 0.05) is 33.9 Å². The number of hydrogen-bond donors (Lipinski definition) is 1. The minimum absolute atomic E-state index is 0.00000734. The summed E-state index contributed by atoms with van der Waals surface area (Å²) in [6.45, 7) is 2.13. The highest BCUT2D eigenvalue weighted by atomic mass is 79.9. The maximum Gasteiger partial charge on any atom is 0.217 e. The summed E-state index contributed by atoms with van der Waals surface area (Å²) < 4.78 is 2.32. The van der Waals surface area contributed by atoms with Gasteiger partial charge in [0.05, 0.1) is 0 Å². The lowest BCUT2D eigenvalue weighted by atomic mass is 10.1. The van der Waals surface area contributed by atoms with Gasteiger partial charge in [-0.15, -0.1) is 11.3 Å². The summed E-state index contributed by atoms with van der Waals surface area (Å²) in [5.41, 5.74) is 2.51. The highest BCUT2D eigenvalue weighted by Gasteiger charge is 2.13. The molecule has 0 fully saturated rings. The minimum Gasteiger partial charge on any atom is -0.352 e. The summed E-state index contributed by atoms with van der Waals surface area (Å²) in [6, 6.07) is 16.8. The monoisotopic (exact) mass is 373 g/mol. The van der Waals surface area contributed by atoms with Gasteiger partial charge < -0.3 is 5.32 Å². The number of hydrogen-bond acceptors (Lipinski definition) is 2. The molecule has 1 amide bonds. The third-order valence-electron chi connectivity index (χ3n) is 3.56. The molecule has 0 bridgehead atoms. The standard InChI is InChI=1S/C18H16BrNOS/c1-12(21)20-11-16-15-10-14(19)7-8-17(15)22-18(16)9-13-5-3-2-4-6-13/h2-8,10H,9,11H2,1H3,(H,20,21). The minimum atomic E-state index is 0.00000734. The van der Waals surface area contributed by atoms with Crippen molar-refractivity contribution in [3.63, 3.8) is 0 Å². The van der Waals surface area contributed by atoms with Crippen LogP contribution in [0.2, 0.25) is 0 Å². The maximum atomic E-state index is 11.3. The highest BCUT2D eigenvalue weighted by Crippen LogP contribution is 2.34. The topological polar surface area (TPSA) is 29.1 Å². The van der Waals surface area contributed by atoms with Crippen LogP contribution in [0.4, 0.5) is 0 Å². The van der Waals surface area contributed by atoms with Gasteiger partial charge in [-0.05, 0) is 34.7 Å². The van der Waals surface area contributed by atoms with Crippen molar-refractivity contribution in [1.82, 2.24) is 5.32 Å². The predicted molar refractivity (Wildman–Crippen MR) is 96.3 cm³/mol. The van der Waals surface area contributed by atoms with E-state index in [-0.39, 0.29) is 5.91 Å². The average molecular weight is 374 g/mol. The Balaban J connectivity index is 2.03. The quantitative estimate of drug-likeness (QED) is 0.692. The Bertz CT molecular complexity index is 811. The molecule has 1 heterocycles. The van der Waals surface area contributed by atoms with Crippen molar-refractivity contribution in [2.75, 3.05) is 0 Å². The second kappa shape index (κ2) is 6.63. The Kier molecular flexibility index (Phi) is 4.60. The Morgan fingerprint density at radius 1 is 1.18 bits per heavy atom. The van der Waals surface area contributed by atoms with E-state index in [1.807, 2.05) is 6.07 Å². The van der Waals surface area contributed by atoms with Crippen LogP contribution in [0.25, 0.3) is 10.1 Å². The van der Waals surface area contributed by atoms with Crippen LogP contribution < -0.4 is 5.32 Å². The zero-order chi connectivity index (χ0) is 15.5. The number of nitrogens with one attached hydrogen (secondary N) is 1. The van der Waals surface area contributed by atoms with Gasteiger partial charge in [-0.2, -0.15) is 0 Å². The van der Waals surface area contributed by atoms with E-state index in [0.29, 0.717) is 6.54 Å². The number of carbonyl (C=O) groups excluding carboxylic acids is 1. The molecule has 2 nitrogen and oxygen atoms in total. The highest BCUT2D eigenvalue weighted by molar-refractivity contribution is 9.10. The van der Waals surface area contributed by atoms with Crippen LogP contribution in [0.1, 0.15) is 22.9 Å². The largest absolute Gasteiger partial charge is 0.352 e. The molecule has 0 spiro atoms. The fraction of sp³-hybridized carbons (Fsp3) is 0.167. The van der Waals surface area contributed by atoms with Gasteiger partial charge in [0.15, 0.2) is 0 Å². The molecular formula is C18H16BrNOS. The lowest BCUT2D eigenvalue weighted by Gasteiger charge is -2.06. The van der Waals surface area contributed by atoms with Gasteiger partial charge in [0.1, 0.15) is 0 Å². The predicted octanol–water partition coefficient (Wildman–Crippen LogP) is 4.89. The molecule has 2 aromatic carbocycles. The average Bonchev–Trinajstić information content (AvgIpc) is 2.82. The number of halogens is 1. The van der Waals surface area contributed by atoms with Crippen LogP contribution in [0.15, 0.2) is 53.0 Å². The first-order valence-electron chi connectivity index (χ1n) is 7.11. The fourth-order valence-electron chi connectivity index (χ4n) is 2.50. The van der Waals surface area contributed by atoms with Crippen molar-refractivity contribution in [2.45, 2.75) is 19.9 Å². The number of benzene rings is 2. The summed E-state index contributed by atoms with van der Waals surface area (Å²) >= 11 is 5.35. The van der Waals surface area contributed by atoms with E-state index in [2.05, 4.69) is 63.7 Å². The van der Waals surface area contributed by atoms with Crippen LogP contribution in [0.3, 0.4) is 0 Å². The smallest absolute Gasteiger partial charge is 0.217 e. The van der Waals surface area contributed by atoms with Crippen LogP contribution in [-0.2, 0) is 17.8 Å². The van der Waals surface area contributed by atoms with E-state index in [1.165, 1.54) is 26.1 Å². The molecule has 3 aromatic rings. The summed E-state index contributed by atoms with van der Waals surface area (Å²) in [6.07, 6.45) is 0.896. The Labute approximate surface area is 142 Å². The van der Waals surface area contributed by atoms with Gasteiger partial charge in [-0.1, -0.05) is 46.3 Å². The van der Waals surface area contributed by atoms with Gasteiger partial charge in [-0.25, -0.2) is 0 Å². The van der Waals surface area contributed by atoms with E-state index >= 15 is 0 Å². The van der Waals surface area contributed by atoms with Crippen LogP contribution in [0.5, 0.6) is 0 Å². The molecule has 1 N–H and O–H groups in total. The molecule has 0 aliphatic carbocycles. The van der Waals surface area contributed by atoms with Gasteiger partial charge in [-0.3, -0.25) is 4.79 Å². The zero-order valence-electron chi connectivity index (χ0n) is 12.2. The van der Waals surface area contributed by atoms with E-state index in [4.69, 9.17) is 0 Å². The molecular weight excluding hydrogens is 358 g/mol. The van der Waals surface area contributed by atoms with E-state index in [1.54, 1.807) is 18.3 Å². The summed E-state index contributed by atoms with van der Waals surface area (Å²) in [5.74, 6) is 0.00000734. The molecule has 0 atom stereocenters. The molecule has 0 saturated heterocycles. The lowest BCUT2D eigenvalue weighted by molar-refractivity contribution is -0.119. The summed E-state index contributed by atoms with van der Waals surface area (Å²) in [7, 11) is 0. The Morgan fingerprint density at radius 2 is 1.95 bits per heavy atom. The van der Waals surface area contributed by atoms with Gasteiger partial charge in [0.2, 0.25) is 5.91 Å². The molecule has 1 aromatic heterocycles. The molecule has 22 heavy (non-hydrogen) atoms. The first kappa shape index (κ1) is 15.3. The Morgan fingerprint density at radius 3 is 2.68 bits per heavy atom. The molecule has 112 valence electrons. The van der Waals surface area contributed by atoms with E-state index < -0.39 is 0 Å². The van der Waals surface area contributed by atoms with Crippen LogP contribution in [-0.4, -0.2) is 5.91 Å². The Hall–Kier alpha value is -1.65. The van der Waals surface area contributed by atoms with Crippen LogP contribution in [0, 0.1) is 0 Å². The fourth-order valence-corrected chi connectivity index (χ4v) is 4.10. The second-order valence-corrected chi connectivity index (χ2v) is 7.27. The lowest BCUT2D eigenvalue weighted by Crippen LogP contribution is -2.19. The van der Waals surface area contributed by atoms with Gasteiger partial charge in [0.25, 0.3) is 0 Å². The van der Waals surface area contributed by atoms with Crippen molar-refractivity contribution in [3.8, 4) is 0 Å². The van der Waals surface area contributed by atoms with Crippen molar-refractivity contribution in [2.24, 2.45) is 0 Å². The second-order valence-electron chi connectivity index (χ2n) is 5.22. The number of rotatable bonds is 4. The molecule has 0 unspecified atom stereocenters. The molecule has 0 saturated carbocycles. The number of carbonyl (C=O) groups is 1.